The van der Waals surface area contributed by atoms with Crippen molar-refractivity contribution in [3.63, 3.8) is 0 Å². The number of hydrogen-bond acceptors (Lipinski definition) is 3. The second-order valence-electron chi connectivity index (χ2n) is 4.62. The Morgan fingerprint density at radius 3 is 3.06 bits per heavy atom. The number of carbonyl (C=O) groups is 1. The largest absolute Gasteiger partial charge is 0.322 e. The molecule has 2 rings (SSSR count). The monoisotopic (exact) mass is 251 g/mol. The molecule has 98 valence electrons. The van der Waals surface area contributed by atoms with Gasteiger partial charge in [-0.25, -0.2) is 4.39 Å². The quantitative estimate of drug-likeness (QED) is 0.844. The van der Waals surface area contributed by atoms with Gasteiger partial charge in [0.15, 0.2) is 0 Å². The van der Waals surface area contributed by atoms with E-state index in [0.717, 1.165) is 19.6 Å². The molecule has 1 aromatic rings. The zero-order valence-electron chi connectivity index (χ0n) is 10.4. The van der Waals surface area contributed by atoms with Crippen molar-refractivity contribution in [1.82, 2.24) is 10.2 Å². The first-order valence-electron chi connectivity index (χ1n) is 6.15. The van der Waals surface area contributed by atoms with Gasteiger partial charge >= 0.3 is 0 Å². The molecule has 1 aliphatic heterocycles. The predicted octanol–water partition coefficient (Wildman–Crippen LogP) is 1.06. The average molecular weight is 251 g/mol. The molecule has 18 heavy (non-hydrogen) atoms. The summed E-state index contributed by atoms with van der Waals surface area (Å²) in [5.41, 5.74) is 0.241. The summed E-state index contributed by atoms with van der Waals surface area (Å²) in [5, 5.41) is 5.91. The van der Waals surface area contributed by atoms with Crippen molar-refractivity contribution in [3.8, 4) is 0 Å². The summed E-state index contributed by atoms with van der Waals surface area (Å²) in [6, 6.07) is 6.59. The van der Waals surface area contributed by atoms with Gasteiger partial charge in [0.1, 0.15) is 5.82 Å². The Balaban J connectivity index is 1.87. The number of nitrogens with zero attached hydrogens (tertiary/aromatic N) is 1. The molecular weight excluding hydrogens is 233 g/mol. The van der Waals surface area contributed by atoms with Crippen LogP contribution in [0, 0.1) is 5.82 Å². The predicted molar refractivity (Wildman–Crippen MR) is 68.9 cm³/mol. The smallest absolute Gasteiger partial charge is 0.238 e. The number of anilines is 1. The van der Waals surface area contributed by atoms with Crippen molar-refractivity contribution in [2.45, 2.75) is 13.0 Å². The van der Waals surface area contributed by atoms with Crippen LogP contribution in [0.25, 0.3) is 0 Å². The third-order valence-electron chi connectivity index (χ3n) is 2.97. The maximum atomic E-state index is 13.4. The average Bonchev–Trinajstić information content (AvgIpc) is 2.32. The topological polar surface area (TPSA) is 44.4 Å². The van der Waals surface area contributed by atoms with E-state index in [-0.39, 0.29) is 11.6 Å². The number of nitrogens with one attached hydrogen (secondary N) is 2. The minimum Gasteiger partial charge on any atom is -0.322 e. The minimum atomic E-state index is -0.403. The first kappa shape index (κ1) is 13.0. The van der Waals surface area contributed by atoms with Gasteiger partial charge < -0.3 is 10.6 Å². The van der Waals surface area contributed by atoms with Crippen LogP contribution in [0.5, 0.6) is 0 Å². The number of piperazine rings is 1. The Morgan fingerprint density at radius 2 is 2.33 bits per heavy atom. The summed E-state index contributed by atoms with van der Waals surface area (Å²) >= 11 is 0. The van der Waals surface area contributed by atoms with E-state index in [1.807, 2.05) is 0 Å². The number of halogens is 1. The number of rotatable bonds is 3. The fourth-order valence-electron chi connectivity index (χ4n) is 2.11. The van der Waals surface area contributed by atoms with Crippen LogP contribution >= 0.6 is 0 Å². The molecule has 0 bridgehead atoms. The van der Waals surface area contributed by atoms with E-state index in [4.69, 9.17) is 0 Å². The standard InChI is InChI=1S/C13H18FN3O/c1-10-8-17(7-6-15-10)9-13(18)16-12-5-3-2-4-11(12)14/h2-5,10,15H,6-9H2,1H3,(H,16,18)/t10-/m1/s1. The zero-order valence-corrected chi connectivity index (χ0v) is 10.4. The third-order valence-corrected chi connectivity index (χ3v) is 2.97. The highest BCUT2D eigenvalue weighted by atomic mass is 19.1. The van der Waals surface area contributed by atoms with Crippen LogP contribution in [0.3, 0.4) is 0 Å². The van der Waals surface area contributed by atoms with E-state index in [1.54, 1.807) is 18.2 Å². The van der Waals surface area contributed by atoms with Crippen LogP contribution in [0.1, 0.15) is 6.92 Å². The molecule has 0 aliphatic carbocycles. The lowest BCUT2D eigenvalue weighted by atomic mass is 10.2. The van der Waals surface area contributed by atoms with Gasteiger partial charge in [0, 0.05) is 25.7 Å². The highest BCUT2D eigenvalue weighted by Crippen LogP contribution is 2.12. The fraction of sp³-hybridized carbons (Fsp3) is 0.462. The molecule has 0 saturated carbocycles. The molecule has 2 N–H and O–H groups in total. The van der Waals surface area contributed by atoms with Crippen molar-refractivity contribution in [3.05, 3.63) is 30.1 Å². The summed E-state index contributed by atoms with van der Waals surface area (Å²) in [6.45, 7) is 4.95. The van der Waals surface area contributed by atoms with Crippen LogP contribution in [0.4, 0.5) is 10.1 Å². The van der Waals surface area contributed by atoms with Gasteiger partial charge in [0.25, 0.3) is 0 Å². The Hall–Kier alpha value is -1.46. The number of hydrogen-bond donors (Lipinski definition) is 2. The molecule has 1 heterocycles. The highest BCUT2D eigenvalue weighted by Gasteiger charge is 2.18. The van der Waals surface area contributed by atoms with Crippen molar-refractivity contribution < 1.29 is 9.18 Å². The van der Waals surface area contributed by atoms with Gasteiger partial charge in [-0.05, 0) is 19.1 Å². The fourth-order valence-corrected chi connectivity index (χ4v) is 2.11. The Labute approximate surface area is 106 Å². The minimum absolute atomic E-state index is 0.172. The summed E-state index contributed by atoms with van der Waals surface area (Å²) in [6.07, 6.45) is 0. The number of amides is 1. The molecule has 0 spiro atoms. The normalized spacial score (nSPS) is 20.7. The zero-order chi connectivity index (χ0) is 13.0. The number of benzene rings is 1. The second-order valence-corrected chi connectivity index (χ2v) is 4.62. The van der Waals surface area contributed by atoms with Gasteiger partial charge in [0.2, 0.25) is 5.91 Å². The van der Waals surface area contributed by atoms with Crippen LogP contribution in [-0.2, 0) is 4.79 Å². The Kier molecular flexibility index (Phi) is 4.28. The van der Waals surface area contributed by atoms with E-state index < -0.39 is 5.82 Å². The lowest BCUT2D eigenvalue weighted by Crippen LogP contribution is -2.51. The third kappa shape index (κ3) is 3.51. The van der Waals surface area contributed by atoms with E-state index in [0.29, 0.717) is 12.6 Å². The molecule has 0 radical (unpaired) electrons. The summed E-state index contributed by atoms with van der Waals surface area (Å²) in [5.74, 6) is -0.575. The van der Waals surface area contributed by atoms with Crippen LogP contribution in [-0.4, -0.2) is 43.0 Å². The van der Waals surface area contributed by atoms with E-state index in [1.165, 1.54) is 6.07 Å². The van der Waals surface area contributed by atoms with Gasteiger partial charge in [-0.1, -0.05) is 12.1 Å². The highest BCUT2D eigenvalue weighted by molar-refractivity contribution is 5.92. The van der Waals surface area contributed by atoms with E-state index in [2.05, 4.69) is 22.5 Å². The van der Waals surface area contributed by atoms with Crippen LogP contribution in [0.2, 0.25) is 0 Å². The number of carbonyl (C=O) groups excluding carboxylic acids is 1. The summed E-state index contributed by atoms with van der Waals surface area (Å²) in [4.78, 5) is 13.9. The molecule has 1 amide bonds. The Morgan fingerprint density at radius 1 is 1.56 bits per heavy atom. The maximum absolute atomic E-state index is 13.4. The van der Waals surface area contributed by atoms with Crippen LogP contribution < -0.4 is 10.6 Å². The lowest BCUT2D eigenvalue weighted by Gasteiger charge is -2.31. The number of para-hydroxylation sites is 1. The van der Waals surface area contributed by atoms with Crippen molar-refractivity contribution in [2.75, 3.05) is 31.5 Å². The molecule has 5 heteroatoms. The first-order chi connectivity index (χ1) is 8.65. The molecule has 4 nitrogen and oxygen atoms in total. The van der Waals surface area contributed by atoms with Gasteiger partial charge in [-0.2, -0.15) is 0 Å². The molecule has 0 unspecified atom stereocenters. The summed E-state index contributed by atoms with van der Waals surface area (Å²) in [7, 11) is 0. The van der Waals surface area contributed by atoms with Gasteiger partial charge in [-0.15, -0.1) is 0 Å². The van der Waals surface area contributed by atoms with Crippen molar-refractivity contribution >= 4 is 11.6 Å². The van der Waals surface area contributed by atoms with Gasteiger partial charge in [-0.3, -0.25) is 9.69 Å². The summed E-state index contributed by atoms with van der Waals surface area (Å²) < 4.78 is 13.4. The molecule has 1 aliphatic rings. The van der Waals surface area contributed by atoms with Crippen molar-refractivity contribution in [1.29, 1.82) is 0 Å². The Bertz CT molecular complexity index is 424. The molecule has 0 aromatic heterocycles. The molecule has 1 atom stereocenters. The van der Waals surface area contributed by atoms with Gasteiger partial charge in [0.05, 0.1) is 12.2 Å². The molecule has 1 saturated heterocycles. The van der Waals surface area contributed by atoms with Crippen molar-refractivity contribution in [2.24, 2.45) is 0 Å². The SMILES string of the molecule is C[C@@H]1CN(CC(=O)Nc2ccccc2F)CCN1. The molecule has 1 aromatic carbocycles. The van der Waals surface area contributed by atoms with E-state index >= 15 is 0 Å². The second kappa shape index (κ2) is 5.93. The van der Waals surface area contributed by atoms with Crippen LogP contribution in [0.15, 0.2) is 24.3 Å². The maximum Gasteiger partial charge on any atom is 0.238 e. The molecule has 1 fully saturated rings. The lowest BCUT2D eigenvalue weighted by molar-refractivity contribution is -0.117. The first-order valence-corrected chi connectivity index (χ1v) is 6.15. The molecular formula is C13H18FN3O. The van der Waals surface area contributed by atoms with E-state index in [9.17, 15) is 9.18 Å².